The van der Waals surface area contributed by atoms with Gasteiger partial charge in [-0.25, -0.2) is 0 Å². The Balaban J connectivity index is 1.79. The van der Waals surface area contributed by atoms with Gasteiger partial charge in [0.15, 0.2) is 0 Å². The minimum Gasteiger partial charge on any atom is -0.494 e. The molecule has 0 amide bonds. The van der Waals surface area contributed by atoms with E-state index < -0.39 is 0 Å². The van der Waals surface area contributed by atoms with E-state index in [2.05, 4.69) is 23.2 Å². The fourth-order valence-corrected chi connectivity index (χ4v) is 3.86. The molecule has 0 aliphatic carbocycles. The number of ether oxygens (including phenoxy) is 2. The Morgan fingerprint density at radius 3 is 2.81 bits per heavy atom. The highest BCUT2D eigenvalue weighted by atomic mass is 32.1. The molecule has 0 unspecified atom stereocenters. The van der Waals surface area contributed by atoms with Gasteiger partial charge in [0.25, 0.3) is 0 Å². The number of nitrogens with zero attached hydrogens (tertiary/aromatic N) is 2. The molecule has 1 aromatic carbocycles. The molecule has 4 rings (SSSR count). The van der Waals surface area contributed by atoms with Gasteiger partial charge in [0, 0.05) is 5.56 Å². The van der Waals surface area contributed by atoms with Crippen LogP contribution in [0.2, 0.25) is 0 Å². The van der Waals surface area contributed by atoms with Crippen molar-refractivity contribution in [2.24, 2.45) is 5.73 Å². The average molecular weight is 378 g/mol. The van der Waals surface area contributed by atoms with Crippen LogP contribution < -0.4 is 15.2 Å². The highest BCUT2D eigenvalue weighted by Crippen LogP contribution is 2.46. The zero-order valence-electron chi connectivity index (χ0n) is 14.7. The standard InChI is InChI=1S/C20H18N4O2S/c1-2-8-25-14-5-3-12(4-6-14)18-17-16(13-7-9-27-11-13)15(10-21)19(22)26-20(17)24-23-18/h3-7,9,11,16H,2,8,22H2,1H3,(H,23,24)/t16-/m0/s1. The molecule has 1 atom stereocenters. The summed E-state index contributed by atoms with van der Waals surface area (Å²) in [7, 11) is 0. The molecule has 3 aromatic rings. The van der Waals surface area contributed by atoms with Crippen LogP contribution in [0.5, 0.6) is 11.6 Å². The largest absolute Gasteiger partial charge is 0.494 e. The topological polar surface area (TPSA) is 97.0 Å². The molecule has 0 spiro atoms. The number of aromatic nitrogens is 2. The first-order valence-electron chi connectivity index (χ1n) is 8.64. The molecule has 0 saturated heterocycles. The third-order valence-electron chi connectivity index (χ3n) is 4.43. The molecule has 6 nitrogen and oxygen atoms in total. The Morgan fingerprint density at radius 2 is 2.15 bits per heavy atom. The molecule has 7 heteroatoms. The second-order valence-electron chi connectivity index (χ2n) is 6.17. The van der Waals surface area contributed by atoms with Gasteiger partial charge >= 0.3 is 0 Å². The van der Waals surface area contributed by atoms with Gasteiger partial charge in [-0.2, -0.15) is 16.6 Å². The predicted octanol–water partition coefficient (Wildman–Crippen LogP) is 4.15. The Bertz CT molecular complexity index is 1010. The smallest absolute Gasteiger partial charge is 0.244 e. The average Bonchev–Trinajstić information content (AvgIpc) is 3.35. The van der Waals surface area contributed by atoms with Crippen LogP contribution in [0.4, 0.5) is 0 Å². The minimum atomic E-state index is -0.310. The third-order valence-corrected chi connectivity index (χ3v) is 5.13. The Morgan fingerprint density at radius 1 is 1.33 bits per heavy atom. The fourth-order valence-electron chi connectivity index (χ4n) is 3.18. The van der Waals surface area contributed by atoms with Crippen molar-refractivity contribution in [2.75, 3.05) is 6.61 Å². The number of nitrogens with one attached hydrogen (secondary N) is 1. The SMILES string of the molecule is CCCOc1ccc(-c2[nH]nc3c2[C@@H](c2ccsc2)C(C#N)=C(N)O3)cc1. The third kappa shape index (κ3) is 3.04. The van der Waals surface area contributed by atoms with Gasteiger partial charge in [-0.05, 0) is 53.1 Å². The van der Waals surface area contributed by atoms with E-state index >= 15 is 0 Å². The number of aromatic amines is 1. The highest BCUT2D eigenvalue weighted by Gasteiger charge is 2.35. The Hall–Kier alpha value is -3.24. The van der Waals surface area contributed by atoms with Gasteiger partial charge in [-0.1, -0.05) is 6.92 Å². The maximum Gasteiger partial charge on any atom is 0.244 e. The summed E-state index contributed by atoms with van der Waals surface area (Å²) in [5, 5.41) is 21.0. The molecule has 1 aliphatic heterocycles. The first kappa shape index (κ1) is 17.2. The Kier molecular flexibility index (Phi) is 4.57. The zero-order valence-corrected chi connectivity index (χ0v) is 15.5. The number of hydrogen-bond donors (Lipinski definition) is 2. The summed E-state index contributed by atoms with van der Waals surface area (Å²) in [6, 6.07) is 12.0. The monoisotopic (exact) mass is 378 g/mol. The van der Waals surface area contributed by atoms with Crippen LogP contribution in [0.3, 0.4) is 0 Å². The minimum absolute atomic E-state index is 0.0996. The van der Waals surface area contributed by atoms with Gasteiger partial charge in [-0.3, -0.25) is 5.10 Å². The molecule has 0 bridgehead atoms. The van der Waals surface area contributed by atoms with Crippen molar-refractivity contribution in [1.29, 1.82) is 5.26 Å². The maximum atomic E-state index is 9.66. The maximum absolute atomic E-state index is 9.66. The summed E-state index contributed by atoms with van der Waals surface area (Å²) in [4.78, 5) is 0. The molecular formula is C20H18N4O2S. The quantitative estimate of drug-likeness (QED) is 0.695. The van der Waals surface area contributed by atoms with Gasteiger partial charge in [-0.15, -0.1) is 5.10 Å². The van der Waals surface area contributed by atoms with Crippen LogP contribution in [0.1, 0.15) is 30.4 Å². The first-order valence-corrected chi connectivity index (χ1v) is 9.58. The number of nitrogens with two attached hydrogens (primary N) is 1. The summed E-state index contributed by atoms with van der Waals surface area (Å²) < 4.78 is 11.3. The first-order chi connectivity index (χ1) is 13.2. The molecule has 0 saturated carbocycles. The van der Waals surface area contributed by atoms with E-state index in [0.29, 0.717) is 18.1 Å². The van der Waals surface area contributed by atoms with Crippen molar-refractivity contribution in [3.63, 3.8) is 0 Å². The summed E-state index contributed by atoms with van der Waals surface area (Å²) in [5.41, 5.74) is 9.94. The van der Waals surface area contributed by atoms with Crippen molar-refractivity contribution in [1.82, 2.24) is 10.2 Å². The van der Waals surface area contributed by atoms with Crippen LogP contribution in [0.25, 0.3) is 11.3 Å². The number of nitriles is 1. The van der Waals surface area contributed by atoms with E-state index in [1.807, 2.05) is 41.1 Å². The van der Waals surface area contributed by atoms with E-state index in [-0.39, 0.29) is 11.8 Å². The second kappa shape index (κ2) is 7.17. The zero-order chi connectivity index (χ0) is 18.8. The second-order valence-corrected chi connectivity index (χ2v) is 6.95. The van der Waals surface area contributed by atoms with Gasteiger partial charge in [0.05, 0.1) is 23.8 Å². The van der Waals surface area contributed by atoms with E-state index in [4.69, 9.17) is 15.2 Å². The van der Waals surface area contributed by atoms with Crippen molar-refractivity contribution >= 4 is 11.3 Å². The lowest BCUT2D eigenvalue weighted by molar-refractivity contribution is 0.317. The van der Waals surface area contributed by atoms with Crippen LogP contribution in [-0.2, 0) is 0 Å². The lowest BCUT2D eigenvalue weighted by Gasteiger charge is -2.23. The van der Waals surface area contributed by atoms with Crippen molar-refractivity contribution in [3.8, 4) is 29.0 Å². The number of H-pyrrole nitrogens is 1. The van der Waals surface area contributed by atoms with Crippen molar-refractivity contribution in [2.45, 2.75) is 19.3 Å². The molecule has 0 radical (unpaired) electrons. The number of allylic oxidation sites excluding steroid dienone is 1. The molecular weight excluding hydrogens is 360 g/mol. The predicted molar refractivity (Wildman–Crippen MR) is 103 cm³/mol. The lowest BCUT2D eigenvalue weighted by atomic mass is 9.84. The van der Waals surface area contributed by atoms with Gasteiger partial charge < -0.3 is 15.2 Å². The molecule has 0 fully saturated rings. The summed E-state index contributed by atoms with van der Waals surface area (Å²) in [6.45, 7) is 2.75. The molecule has 2 aromatic heterocycles. The van der Waals surface area contributed by atoms with Crippen molar-refractivity contribution < 1.29 is 9.47 Å². The molecule has 27 heavy (non-hydrogen) atoms. The van der Waals surface area contributed by atoms with E-state index in [9.17, 15) is 5.26 Å². The number of fused-ring (bicyclic) bond motifs is 1. The lowest BCUT2D eigenvalue weighted by Crippen LogP contribution is -2.20. The van der Waals surface area contributed by atoms with E-state index in [1.54, 1.807) is 11.3 Å². The number of thiophene rings is 1. The van der Waals surface area contributed by atoms with Gasteiger partial charge in [0.1, 0.15) is 17.4 Å². The Labute approximate surface area is 160 Å². The molecule has 3 N–H and O–H groups in total. The van der Waals surface area contributed by atoms with E-state index in [0.717, 1.165) is 34.6 Å². The highest BCUT2D eigenvalue weighted by molar-refractivity contribution is 7.08. The van der Waals surface area contributed by atoms with Crippen LogP contribution >= 0.6 is 11.3 Å². The summed E-state index contributed by atoms with van der Waals surface area (Å²) in [5.74, 6) is 1.02. The van der Waals surface area contributed by atoms with Crippen LogP contribution in [-0.4, -0.2) is 16.8 Å². The summed E-state index contributed by atoms with van der Waals surface area (Å²) in [6.07, 6.45) is 0.958. The van der Waals surface area contributed by atoms with Crippen molar-refractivity contribution in [3.05, 3.63) is 63.7 Å². The number of benzene rings is 1. The fraction of sp³-hybridized carbons (Fsp3) is 0.200. The molecule has 3 heterocycles. The van der Waals surface area contributed by atoms with Crippen LogP contribution in [0, 0.1) is 11.3 Å². The molecule has 1 aliphatic rings. The number of hydrogen-bond acceptors (Lipinski definition) is 6. The van der Waals surface area contributed by atoms with E-state index in [1.165, 1.54) is 0 Å². The number of rotatable bonds is 5. The van der Waals surface area contributed by atoms with Crippen LogP contribution in [0.15, 0.2) is 52.5 Å². The molecule has 136 valence electrons. The van der Waals surface area contributed by atoms with Gasteiger partial charge in [0.2, 0.25) is 11.8 Å². The summed E-state index contributed by atoms with van der Waals surface area (Å²) >= 11 is 1.57. The normalized spacial score (nSPS) is 15.8.